The first-order valence-electron chi connectivity index (χ1n) is 7.92. The van der Waals surface area contributed by atoms with E-state index in [1.54, 1.807) is 0 Å². The molecule has 3 unspecified atom stereocenters. The number of nitrogens with one attached hydrogen (secondary N) is 1. The molecule has 120 valence electrons. The van der Waals surface area contributed by atoms with E-state index in [-0.39, 0.29) is 6.03 Å². The lowest BCUT2D eigenvalue weighted by molar-refractivity contribution is -0.139. The van der Waals surface area contributed by atoms with Crippen molar-refractivity contribution in [1.82, 2.24) is 10.2 Å². The van der Waals surface area contributed by atoms with Gasteiger partial charge in [0.15, 0.2) is 0 Å². The molecule has 0 bridgehead atoms. The number of carbonyl (C=O) groups excluding carboxylic acids is 1. The van der Waals surface area contributed by atoms with Gasteiger partial charge in [0.05, 0.1) is 0 Å². The standard InChI is InChI=1S/C15H26N2O4/c1-21-10-8-12(14(18)19)16-15(20)17-9-4-6-11-5-2-3-7-13(11)17/h11-13H,2-10H2,1H3,(H,16,20)(H,18,19). The SMILES string of the molecule is COCCC(NC(=O)N1CCCC2CCCCC21)C(=O)O. The third-order valence-electron chi connectivity index (χ3n) is 4.71. The van der Waals surface area contributed by atoms with E-state index in [0.717, 1.165) is 25.8 Å². The van der Waals surface area contributed by atoms with Crippen molar-refractivity contribution in [1.29, 1.82) is 0 Å². The number of rotatable bonds is 5. The minimum Gasteiger partial charge on any atom is -0.480 e. The number of ether oxygens (including phenoxy) is 1. The van der Waals surface area contributed by atoms with E-state index in [9.17, 15) is 14.7 Å². The van der Waals surface area contributed by atoms with Crippen LogP contribution in [-0.2, 0) is 9.53 Å². The molecule has 1 aliphatic heterocycles. The van der Waals surface area contributed by atoms with E-state index in [1.165, 1.54) is 26.4 Å². The molecule has 1 aliphatic carbocycles. The van der Waals surface area contributed by atoms with Gasteiger partial charge in [-0.05, 0) is 31.6 Å². The van der Waals surface area contributed by atoms with Gasteiger partial charge in [0.25, 0.3) is 0 Å². The number of nitrogens with zero attached hydrogens (tertiary/aromatic N) is 1. The molecule has 2 N–H and O–H groups in total. The number of likely N-dealkylation sites (tertiary alicyclic amines) is 1. The van der Waals surface area contributed by atoms with E-state index < -0.39 is 12.0 Å². The predicted octanol–water partition coefficient (Wildman–Crippen LogP) is 1.84. The molecule has 0 aromatic rings. The summed E-state index contributed by atoms with van der Waals surface area (Å²) in [5.41, 5.74) is 0. The average molecular weight is 298 g/mol. The highest BCUT2D eigenvalue weighted by Crippen LogP contribution is 2.35. The minimum absolute atomic E-state index is 0.227. The Morgan fingerprint density at radius 2 is 2.00 bits per heavy atom. The number of carboxylic acid groups (broad SMARTS) is 1. The van der Waals surface area contributed by atoms with Crippen molar-refractivity contribution in [2.24, 2.45) is 5.92 Å². The van der Waals surface area contributed by atoms with Crippen LogP contribution < -0.4 is 5.32 Å². The lowest BCUT2D eigenvalue weighted by Crippen LogP contribution is -2.56. The van der Waals surface area contributed by atoms with Gasteiger partial charge in [0, 0.05) is 32.7 Å². The maximum Gasteiger partial charge on any atom is 0.326 e. The van der Waals surface area contributed by atoms with Gasteiger partial charge in [-0.3, -0.25) is 0 Å². The molecular weight excluding hydrogens is 272 g/mol. The number of hydrogen-bond donors (Lipinski definition) is 2. The molecule has 2 fully saturated rings. The van der Waals surface area contributed by atoms with Crippen molar-refractivity contribution in [3.8, 4) is 0 Å². The van der Waals surface area contributed by atoms with Crippen LogP contribution in [0.2, 0.25) is 0 Å². The van der Waals surface area contributed by atoms with Crippen molar-refractivity contribution < 1.29 is 19.4 Å². The van der Waals surface area contributed by atoms with E-state index in [4.69, 9.17) is 4.74 Å². The van der Waals surface area contributed by atoms with Gasteiger partial charge in [-0.15, -0.1) is 0 Å². The molecule has 6 nitrogen and oxygen atoms in total. The molecule has 6 heteroatoms. The van der Waals surface area contributed by atoms with E-state index >= 15 is 0 Å². The smallest absolute Gasteiger partial charge is 0.326 e. The molecule has 0 aromatic carbocycles. The van der Waals surface area contributed by atoms with Crippen molar-refractivity contribution in [3.05, 3.63) is 0 Å². The lowest BCUT2D eigenvalue weighted by Gasteiger charge is -2.44. The second kappa shape index (κ2) is 7.64. The van der Waals surface area contributed by atoms with Gasteiger partial charge in [0.2, 0.25) is 0 Å². The fourth-order valence-electron chi connectivity index (χ4n) is 3.60. The zero-order valence-corrected chi connectivity index (χ0v) is 12.7. The average Bonchev–Trinajstić information content (AvgIpc) is 2.50. The quantitative estimate of drug-likeness (QED) is 0.811. The number of carbonyl (C=O) groups is 2. The van der Waals surface area contributed by atoms with Crippen LogP contribution in [0.4, 0.5) is 4.79 Å². The summed E-state index contributed by atoms with van der Waals surface area (Å²) < 4.78 is 4.91. The van der Waals surface area contributed by atoms with Crippen LogP contribution in [0, 0.1) is 5.92 Å². The summed E-state index contributed by atoms with van der Waals surface area (Å²) in [6, 6.07) is -0.805. The highest BCUT2D eigenvalue weighted by molar-refractivity contribution is 5.82. The lowest BCUT2D eigenvalue weighted by atomic mass is 9.78. The highest BCUT2D eigenvalue weighted by atomic mass is 16.5. The second-order valence-corrected chi connectivity index (χ2v) is 6.07. The normalized spacial score (nSPS) is 26.8. The van der Waals surface area contributed by atoms with Crippen molar-refractivity contribution >= 4 is 12.0 Å². The number of amides is 2. The Kier molecular flexibility index (Phi) is 5.85. The first-order valence-corrected chi connectivity index (χ1v) is 7.92. The van der Waals surface area contributed by atoms with Crippen LogP contribution in [0.25, 0.3) is 0 Å². The topological polar surface area (TPSA) is 78.9 Å². The van der Waals surface area contributed by atoms with Gasteiger partial charge in [-0.1, -0.05) is 12.8 Å². The number of methoxy groups -OCH3 is 1. The molecule has 1 saturated heterocycles. The monoisotopic (exact) mass is 298 g/mol. The van der Waals surface area contributed by atoms with Crippen molar-refractivity contribution in [2.45, 2.75) is 57.0 Å². The van der Waals surface area contributed by atoms with Crippen LogP contribution in [0.3, 0.4) is 0 Å². The minimum atomic E-state index is -1.00. The summed E-state index contributed by atoms with van der Waals surface area (Å²) in [5.74, 6) is -0.405. The summed E-state index contributed by atoms with van der Waals surface area (Å²) in [7, 11) is 1.53. The molecule has 2 aliphatic rings. The summed E-state index contributed by atoms with van der Waals surface area (Å²) in [6.45, 7) is 1.06. The number of aliphatic carboxylic acids is 1. The number of fused-ring (bicyclic) bond motifs is 1. The van der Waals surface area contributed by atoms with Crippen molar-refractivity contribution in [2.75, 3.05) is 20.3 Å². The van der Waals surface area contributed by atoms with Gasteiger partial charge < -0.3 is 20.1 Å². The Balaban J connectivity index is 1.95. The van der Waals surface area contributed by atoms with Crippen molar-refractivity contribution in [3.63, 3.8) is 0 Å². The maximum atomic E-state index is 12.4. The number of urea groups is 1. The third-order valence-corrected chi connectivity index (χ3v) is 4.71. The number of piperidine rings is 1. The molecule has 0 radical (unpaired) electrons. The molecule has 0 aromatic heterocycles. The Morgan fingerprint density at radius 1 is 1.29 bits per heavy atom. The Hall–Kier alpha value is -1.30. The first kappa shape index (κ1) is 16.1. The summed E-state index contributed by atoms with van der Waals surface area (Å²) in [4.78, 5) is 25.5. The van der Waals surface area contributed by atoms with E-state index in [2.05, 4.69) is 5.32 Å². The summed E-state index contributed by atoms with van der Waals surface area (Å²) in [6.07, 6.45) is 7.16. The molecule has 2 amide bonds. The second-order valence-electron chi connectivity index (χ2n) is 6.07. The zero-order valence-electron chi connectivity index (χ0n) is 12.7. The highest BCUT2D eigenvalue weighted by Gasteiger charge is 2.36. The third kappa shape index (κ3) is 4.09. The predicted molar refractivity (Wildman–Crippen MR) is 78.1 cm³/mol. The van der Waals surface area contributed by atoms with Crippen LogP contribution in [0.15, 0.2) is 0 Å². The molecule has 21 heavy (non-hydrogen) atoms. The largest absolute Gasteiger partial charge is 0.480 e. The Morgan fingerprint density at radius 3 is 2.71 bits per heavy atom. The van der Waals surface area contributed by atoms with E-state index in [0.29, 0.717) is 25.0 Å². The summed E-state index contributed by atoms with van der Waals surface area (Å²) >= 11 is 0. The number of hydrogen-bond acceptors (Lipinski definition) is 3. The fourth-order valence-corrected chi connectivity index (χ4v) is 3.60. The molecule has 1 heterocycles. The fraction of sp³-hybridized carbons (Fsp3) is 0.867. The Bertz CT molecular complexity index is 373. The molecule has 2 rings (SSSR count). The zero-order chi connectivity index (χ0) is 15.2. The van der Waals surface area contributed by atoms with Gasteiger partial charge >= 0.3 is 12.0 Å². The molecule has 3 atom stereocenters. The number of carboxylic acids is 1. The Labute approximate surface area is 125 Å². The molecule has 1 saturated carbocycles. The van der Waals surface area contributed by atoms with E-state index in [1.807, 2.05) is 4.90 Å². The van der Waals surface area contributed by atoms with Crippen LogP contribution in [0.1, 0.15) is 44.9 Å². The van der Waals surface area contributed by atoms with Crippen LogP contribution >= 0.6 is 0 Å². The maximum absolute atomic E-state index is 12.4. The van der Waals surface area contributed by atoms with Gasteiger partial charge in [-0.2, -0.15) is 0 Å². The van der Waals surface area contributed by atoms with Gasteiger partial charge in [0.1, 0.15) is 6.04 Å². The first-order chi connectivity index (χ1) is 10.1. The molecule has 0 spiro atoms. The van der Waals surface area contributed by atoms with Crippen LogP contribution in [0.5, 0.6) is 0 Å². The summed E-state index contributed by atoms with van der Waals surface area (Å²) in [5, 5.41) is 11.9. The van der Waals surface area contributed by atoms with Crippen LogP contribution in [-0.4, -0.2) is 54.4 Å². The molecular formula is C15H26N2O4. The van der Waals surface area contributed by atoms with Gasteiger partial charge in [-0.25, -0.2) is 9.59 Å².